The SMILES string of the molecule is CCOC(=O)CC1(Br)CCC(OC(C)=O)CC1. The van der Waals surface area contributed by atoms with E-state index in [0.29, 0.717) is 13.0 Å². The second kappa shape index (κ2) is 6.38. The average molecular weight is 307 g/mol. The summed E-state index contributed by atoms with van der Waals surface area (Å²) in [5.41, 5.74) is 0. The molecule has 0 heterocycles. The number of ether oxygens (including phenoxy) is 2. The van der Waals surface area contributed by atoms with Gasteiger partial charge in [-0.15, -0.1) is 0 Å². The number of carbonyl (C=O) groups excluding carboxylic acids is 2. The minimum absolute atomic E-state index is 0.000343. The lowest BCUT2D eigenvalue weighted by molar-refractivity contribution is -0.149. The van der Waals surface area contributed by atoms with Gasteiger partial charge in [-0.2, -0.15) is 0 Å². The zero-order valence-electron chi connectivity index (χ0n) is 10.3. The number of halogens is 1. The standard InChI is InChI=1S/C12H19BrO4/c1-3-16-11(15)8-12(13)6-4-10(5-7-12)17-9(2)14/h10H,3-8H2,1-2H3. The first-order chi connectivity index (χ1) is 7.95. The van der Waals surface area contributed by atoms with Crippen LogP contribution < -0.4 is 0 Å². The van der Waals surface area contributed by atoms with Crippen LogP contribution in [0.25, 0.3) is 0 Å². The van der Waals surface area contributed by atoms with Gasteiger partial charge in [0.05, 0.1) is 13.0 Å². The number of carbonyl (C=O) groups is 2. The van der Waals surface area contributed by atoms with Gasteiger partial charge in [-0.25, -0.2) is 0 Å². The van der Waals surface area contributed by atoms with Crippen molar-refractivity contribution in [2.75, 3.05) is 6.61 Å². The Hall–Kier alpha value is -0.580. The van der Waals surface area contributed by atoms with Gasteiger partial charge < -0.3 is 9.47 Å². The molecule has 0 bridgehead atoms. The minimum atomic E-state index is -0.234. The Bertz CT molecular complexity index is 282. The van der Waals surface area contributed by atoms with Crippen molar-refractivity contribution < 1.29 is 19.1 Å². The summed E-state index contributed by atoms with van der Waals surface area (Å²) in [4.78, 5) is 22.3. The van der Waals surface area contributed by atoms with E-state index in [-0.39, 0.29) is 22.4 Å². The molecule has 0 spiro atoms. The van der Waals surface area contributed by atoms with E-state index in [9.17, 15) is 9.59 Å². The maximum absolute atomic E-state index is 11.4. The summed E-state index contributed by atoms with van der Waals surface area (Å²) < 4.78 is 9.92. The molecule has 5 heteroatoms. The molecule has 17 heavy (non-hydrogen) atoms. The number of hydrogen-bond acceptors (Lipinski definition) is 4. The third kappa shape index (κ3) is 5.06. The van der Waals surface area contributed by atoms with E-state index >= 15 is 0 Å². The van der Waals surface area contributed by atoms with Gasteiger partial charge in [-0.1, -0.05) is 15.9 Å². The van der Waals surface area contributed by atoms with E-state index in [1.165, 1.54) is 6.92 Å². The van der Waals surface area contributed by atoms with Crippen molar-refractivity contribution in [3.63, 3.8) is 0 Å². The van der Waals surface area contributed by atoms with Crippen molar-refractivity contribution >= 4 is 27.9 Å². The first-order valence-corrected chi connectivity index (χ1v) is 6.76. The topological polar surface area (TPSA) is 52.6 Å². The smallest absolute Gasteiger partial charge is 0.307 e. The third-order valence-corrected chi connectivity index (χ3v) is 4.00. The van der Waals surface area contributed by atoms with Crippen LogP contribution in [0.2, 0.25) is 0 Å². The molecule has 1 rings (SSSR count). The minimum Gasteiger partial charge on any atom is -0.466 e. The predicted octanol–water partition coefficient (Wildman–Crippen LogP) is 2.58. The fourth-order valence-electron chi connectivity index (χ4n) is 2.11. The molecule has 0 aromatic carbocycles. The molecular formula is C12H19BrO4. The molecule has 0 aromatic heterocycles. The van der Waals surface area contributed by atoms with Gasteiger partial charge in [0.1, 0.15) is 6.10 Å². The normalized spacial score (nSPS) is 28.5. The van der Waals surface area contributed by atoms with E-state index < -0.39 is 0 Å². The highest BCUT2D eigenvalue weighted by atomic mass is 79.9. The molecule has 0 unspecified atom stereocenters. The molecule has 1 saturated carbocycles. The van der Waals surface area contributed by atoms with Crippen molar-refractivity contribution in [3.05, 3.63) is 0 Å². The molecule has 4 nitrogen and oxygen atoms in total. The summed E-state index contributed by atoms with van der Waals surface area (Å²) in [5.74, 6) is -0.405. The van der Waals surface area contributed by atoms with E-state index in [1.54, 1.807) is 6.92 Å². The average Bonchev–Trinajstić information content (AvgIpc) is 2.21. The van der Waals surface area contributed by atoms with Gasteiger partial charge >= 0.3 is 11.9 Å². The Morgan fingerprint density at radius 3 is 2.41 bits per heavy atom. The van der Waals surface area contributed by atoms with E-state index in [4.69, 9.17) is 9.47 Å². The molecule has 0 aliphatic heterocycles. The highest BCUT2D eigenvalue weighted by Gasteiger charge is 2.36. The summed E-state index contributed by atoms with van der Waals surface area (Å²) in [7, 11) is 0. The van der Waals surface area contributed by atoms with Crippen LogP contribution in [-0.4, -0.2) is 29.0 Å². The molecule has 0 aromatic rings. The second-order valence-electron chi connectivity index (χ2n) is 4.44. The maximum Gasteiger partial charge on any atom is 0.307 e. The molecule has 0 saturated heterocycles. The maximum atomic E-state index is 11.4. The lowest BCUT2D eigenvalue weighted by atomic mass is 9.85. The lowest BCUT2D eigenvalue weighted by Crippen LogP contribution is -2.34. The molecule has 0 atom stereocenters. The van der Waals surface area contributed by atoms with Crippen molar-refractivity contribution in [2.45, 2.75) is 56.4 Å². The highest BCUT2D eigenvalue weighted by Crippen LogP contribution is 2.39. The van der Waals surface area contributed by atoms with Gasteiger partial charge in [-0.05, 0) is 32.6 Å². The summed E-state index contributed by atoms with van der Waals surface area (Å²) in [6.45, 7) is 3.64. The molecular weight excluding hydrogens is 288 g/mol. The zero-order valence-corrected chi connectivity index (χ0v) is 11.9. The van der Waals surface area contributed by atoms with Gasteiger partial charge in [0.15, 0.2) is 0 Å². The van der Waals surface area contributed by atoms with Crippen LogP contribution in [0.5, 0.6) is 0 Å². The molecule has 1 aliphatic carbocycles. The fraction of sp³-hybridized carbons (Fsp3) is 0.833. The number of esters is 2. The van der Waals surface area contributed by atoms with Crippen LogP contribution in [0.1, 0.15) is 46.0 Å². The second-order valence-corrected chi connectivity index (χ2v) is 6.12. The third-order valence-electron chi connectivity index (χ3n) is 2.93. The van der Waals surface area contributed by atoms with Crippen molar-refractivity contribution in [1.29, 1.82) is 0 Å². The lowest BCUT2D eigenvalue weighted by Gasteiger charge is -2.34. The largest absolute Gasteiger partial charge is 0.466 e. The Labute approximate surface area is 110 Å². The zero-order chi connectivity index (χ0) is 12.9. The predicted molar refractivity (Wildman–Crippen MR) is 66.9 cm³/mol. The quantitative estimate of drug-likeness (QED) is 0.592. The van der Waals surface area contributed by atoms with Gasteiger partial charge in [0.25, 0.3) is 0 Å². The molecule has 0 radical (unpaired) electrons. The highest BCUT2D eigenvalue weighted by molar-refractivity contribution is 9.10. The molecule has 1 fully saturated rings. The number of hydrogen-bond donors (Lipinski definition) is 0. The fourth-order valence-corrected chi connectivity index (χ4v) is 2.80. The number of rotatable bonds is 4. The summed E-state index contributed by atoms with van der Waals surface area (Å²) in [6.07, 6.45) is 3.62. The van der Waals surface area contributed by atoms with Crippen LogP contribution in [0.15, 0.2) is 0 Å². The molecule has 0 N–H and O–H groups in total. The summed E-state index contributed by atoms with van der Waals surface area (Å²) in [5, 5.41) is 0. The Balaban J connectivity index is 2.38. The summed E-state index contributed by atoms with van der Waals surface area (Å²) >= 11 is 3.62. The van der Waals surface area contributed by atoms with Crippen LogP contribution in [-0.2, 0) is 19.1 Å². The van der Waals surface area contributed by atoms with E-state index in [2.05, 4.69) is 15.9 Å². The van der Waals surface area contributed by atoms with Crippen LogP contribution >= 0.6 is 15.9 Å². The van der Waals surface area contributed by atoms with Crippen LogP contribution in [0, 0.1) is 0 Å². The summed E-state index contributed by atoms with van der Waals surface area (Å²) in [6, 6.07) is 0. The Morgan fingerprint density at radius 1 is 1.35 bits per heavy atom. The van der Waals surface area contributed by atoms with Gasteiger partial charge in [-0.3, -0.25) is 9.59 Å². The monoisotopic (exact) mass is 306 g/mol. The Kier molecular flexibility index (Phi) is 5.43. The first-order valence-electron chi connectivity index (χ1n) is 5.97. The van der Waals surface area contributed by atoms with Crippen LogP contribution in [0.4, 0.5) is 0 Å². The number of alkyl halides is 1. The Morgan fingerprint density at radius 2 is 1.94 bits per heavy atom. The van der Waals surface area contributed by atoms with Crippen molar-refractivity contribution in [3.8, 4) is 0 Å². The van der Waals surface area contributed by atoms with E-state index in [1.807, 2.05) is 0 Å². The van der Waals surface area contributed by atoms with E-state index in [0.717, 1.165) is 25.7 Å². The first kappa shape index (κ1) is 14.5. The molecule has 1 aliphatic rings. The van der Waals surface area contributed by atoms with Crippen molar-refractivity contribution in [1.82, 2.24) is 0 Å². The molecule has 98 valence electrons. The van der Waals surface area contributed by atoms with Crippen molar-refractivity contribution in [2.24, 2.45) is 0 Å². The van der Waals surface area contributed by atoms with Gasteiger partial charge in [0.2, 0.25) is 0 Å². The van der Waals surface area contributed by atoms with Gasteiger partial charge in [0, 0.05) is 11.2 Å². The van der Waals surface area contributed by atoms with Crippen LogP contribution in [0.3, 0.4) is 0 Å². The molecule has 0 amide bonds.